The minimum Gasteiger partial charge on any atom is -0.345 e. The van der Waals surface area contributed by atoms with E-state index in [9.17, 15) is 18.0 Å². The molecule has 1 aromatic rings. The largest absolute Gasteiger partial charge is 0.345 e. The van der Waals surface area contributed by atoms with E-state index < -0.39 is 17.8 Å². The zero-order chi connectivity index (χ0) is 20.6. The van der Waals surface area contributed by atoms with E-state index in [2.05, 4.69) is 10.2 Å². The van der Waals surface area contributed by atoms with Gasteiger partial charge in [-0.3, -0.25) is 9.69 Å². The van der Waals surface area contributed by atoms with Crippen LogP contribution in [0.1, 0.15) is 42.6 Å². The number of alkyl halides is 2. The molecule has 1 N–H and O–H groups in total. The third-order valence-corrected chi connectivity index (χ3v) is 4.79. The average molecular weight is 387 g/mol. The van der Waals surface area contributed by atoms with E-state index in [1.807, 2.05) is 20.9 Å². The van der Waals surface area contributed by atoms with Crippen molar-refractivity contribution in [2.24, 2.45) is 0 Å². The van der Waals surface area contributed by atoms with Gasteiger partial charge in [0.05, 0.1) is 12.1 Å². The molecule has 0 unspecified atom stereocenters. The quantitative estimate of drug-likeness (QED) is 0.811. The summed E-state index contributed by atoms with van der Waals surface area (Å²) < 4.78 is 38.9. The van der Waals surface area contributed by atoms with Gasteiger partial charge in [-0.1, -0.05) is 19.9 Å². The Labute approximate surface area is 160 Å². The Morgan fingerprint density at radius 1 is 1.30 bits per heavy atom. The first-order valence-corrected chi connectivity index (χ1v) is 9.45. The first kappa shape index (κ1) is 23.4. The summed E-state index contributed by atoms with van der Waals surface area (Å²) in [5.74, 6) is -0.824. The number of halogens is 3. The molecule has 154 valence electrons. The molecule has 4 nitrogen and oxygen atoms in total. The Kier molecular flexibility index (Phi) is 9.26. The number of rotatable bonds is 6. The highest BCUT2D eigenvalue weighted by Crippen LogP contribution is 2.24. The first-order chi connectivity index (χ1) is 12.7. The zero-order valence-corrected chi connectivity index (χ0v) is 17.0. The Bertz CT molecular complexity index is 602. The van der Waals surface area contributed by atoms with Crippen molar-refractivity contribution >= 4 is 5.91 Å². The maximum atomic E-state index is 13.5. The third-order valence-electron chi connectivity index (χ3n) is 4.79. The number of likely N-dealkylation sites (N-methyl/N-ethyl adjacent to an activating group) is 1. The molecule has 1 fully saturated rings. The van der Waals surface area contributed by atoms with Gasteiger partial charge in [0.2, 0.25) is 0 Å². The molecular weight excluding hydrogens is 355 g/mol. The van der Waals surface area contributed by atoms with E-state index >= 15 is 0 Å². The fourth-order valence-corrected chi connectivity index (χ4v) is 3.33. The second kappa shape index (κ2) is 10.7. The number of nitrogens with one attached hydrogen (secondary N) is 1. The molecule has 0 aromatic heterocycles. The van der Waals surface area contributed by atoms with Crippen molar-refractivity contribution < 1.29 is 18.0 Å². The summed E-state index contributed by atoms with van der Waals surface area (Å²) in [6.07, 6.45) is -1.09. The van der Waals surface area contributed by atoms with Crippen LogP contribution in [-0.4, -0.2) is 67.9 Å². The number of amides is 1. The van der Waals surface area contributed by atoms with E-state index in [4.69, 9.17) is 0 Å². The maximum Gasteiger partial charge on any atom is 0.252 e. The van der Waals surface area contributed by atoms with Gasteiger partial charge < -0.3 is 10.2 Å². The Morgan fingerprint density at radius 2 is 1.89 bits per heavy atom. The standard InChI is InChI=1S/C18H26F3N3O.C2H6/c1-13-4-5-14(19)10-15(13)17(25)22-18(6-8-23(2)9-7-18)12-24(3)11-16(20)21;1-2/h4-5,10,16H,6-9,11-12H2,1-3H3,(H,22,25);1-2H3. The topological polar surface area (TPSA) is 35.6 Å². The molecule has 1 aliphatic rings. The van der Waals surface area contributed by atoms with Crippen LogP contribution in [0, 0.1) is 12.7 Å². The van der Waals surface area contributed by atoms with Gasteiger partial charge in [-0.25, -0.2) is 13.2 Å². The number of benzene rings is 1. The lowest BCUT2D eigenvalue weighted by molar-refractivity contribution is 0.0590. The van der Waals surface area contributed by atoms with Crippen molar-refractivity contribution in [1.29, 1.82) is 0 Å². The van der Waals surface area contributed by atoms with Gasteiger partial charge in [-0.05, 0) is 51.6 Å². The molecule has 0 radical (unpaired) electrons. The number of nitrogens with zero attached hydrogens (tertiary/aromatic N) is 2. The summed E-state index contributed by atoms with van der Waals surface area (Å²) in [5.41, 5.74) is 0.379. The monoisotopic (exact) mass is 387 g/mol. The van der Waals surface area contributed by atoms with Gasteiger partial charge in [0.15, 0.2) is 0 Å². The number of hydrogen-bond donors (Lipinski definition) is 1. The number of hydrogen-bond acceptors (Lipinski definition) is 3. The lowest BCUT2D eigenvalue weighted by Crippen LogP contribution is -2.60. The van der Waals surface area contributed by atoms with E-state index in [0.717, 1.165) is 13.1 Å². The van der Waals surface area contributed by atoms with Crippen LogP contribution in [0.5, 0.6) is 0 Å². The van der Waals surface area contributed by atoms with Crippen molar-refractivity contribution in [2.75, 3.05) is 40.3 Å². The average Bonchev–Trinajstić information content (AvgIpc) is 2.60. The highest BCUT2D eigenvalue weighted by atomic mass is 19.3. The predicted octanol–water partition coefficient (Wildman–Crippen LogP) is 3.55. The third kappa shape index (κ3) is 7.14. The van der Waals surface area contributed by atoms with E-state index in [-0.39, 0.29) is 18.0 Å². The number of aryl methyl sites for hydroxylation is 1. The number of likely N-dealkylation sites (tertiary alicyclic amines) is 1. The molecule has 2 rings (SSSR count). The molecule has 1 amide bonds. The molecule has 0 spiro atoms. The van der Waals surface area contributed by atoms with Crippen LogP contribution in [0.2, 0.25) is 0 Å². The molecule has 7 heteroatoms. The van der Waals surface area contributed by atoms with Crippen molar-refractivity contribution in [2.45, 2.75) is 45.6 Å². The number of piperidine rings is 1. The van der Waals surface area contributed by atoms with Gasteiger partial charge in [0.25, 0.3) is 12.3 Å². The second-order valence-electron chi connectivity index (χ2n) is 7.08. The van der Waals surface area contributed by atoms with Crippen LogP contribution >= 0.6 is 0 Å². The summed E-state index contributed by atoms with van der Waals surface area (Å²) in [6.45, 7) is 7.28. The van der Waals surface area contributed by atoms with Crippen LogP contribution in [0.25, 0.3) is 0 Å². The van der Waals surface area contributed by atoms with E-state index in [0.29, 0.717) is 24.9 Å². The molecule has 0 aliphatic carbocycles. The maximum absolute atomic E-state index is 13.5. The fraction of sp³-hybridized carbons (Fsp3) is 0.650. The van der Waals surface area contributed by atoms with Crippen LogP contribution in [0.4, 0.5) is 13.2 Å². The summed E-state index contributed by atoms with van der Waals surface area (Å²) >= 11 is 0. The van der Waals surface area contributed by atoms with Crippen molar-refractivity contribution in [1.82, 2.24) is 15.1 Å². The van der Waals surface area contributed by atoms with Crippen molar-refractivity contribution in [3.05, 3.63) is 35.1 Å². The van der Waals surface area contributed by atoms with E-state index in [1.165, 1.54) is 12.1 Å². The number of carbonyl (C=O) groups excluding carboxylic acids is 1. The molecule has 1 heterocycles. The van der Waals surface area contributed by atoms with Crippen molar-refractivity contribution in [3.63, 3.8) is 0 Å². The summed E-state index contributed by atoms with van der Waals surface area (Å²) in [5, 5.41) is 3.02. The molecule has 0 bridgehead atoms. The SMILES string of the molecule is CC.Cc1ccc(F)cc1C(=O)NC1(CN(C)CC(F)F)CCN(C)CC1. The highest BCUT2D eigenvalue weighted by Gasteiger charge is 2.37. The Balaban J connectivity index is 0.00000176. The molecular formula is C20H32F3N3O. The van der Waals surface area contributed by atoms with Crippen LogP contribution in [-0.2, 0) is 0 Å². The smallest absolute Gasteiger partial charge is 0.252 e. The zero-order valence-electron chi connectivity index (χ0n) is 17.0. The minimum absolute atomic E-state index is 0.287. The molecule has 1 aliphatic heterocycles. The lowest BCUT2D eigenvalue weighted by Gasteiger charge is -2.43. The van der Waals surface area contributed by atoms with E-state index in [1.54, 1.807) is 24.9 Å². The highest BCUT2D eigenvalue weighted by molar-refractivity contribution is 5.96. The fourth-order valence-electron chi connectivity index (χ4n) is 3.33. The van der Waals surface area contributed by atoms with Gasteiger partial charge in [0.1, 0.15) is 5.82 Å². The van der Waals surface area contributed by atoms with Gasteiger partial charge in [-0.2, -0.15) is 0 Å². The van der Waals surface area contributed by atoms with Gasteiger partial charge in [0, 0.05) is 25.2 Å². The second-order valence-corrected chi connectivity index (χ2v) is 7.08. The van der Waals surface area contributed by atoms with Gasteiger partial charge in [-0.15, -0.1) is 0 Å². The number of carbonyl (C=O) groups is 1. The lowest BCUT2D eigenvalue weighted by atomic mass is 9.86. The predicted molar refractivity (Wildman–Crippen MR) is 103 cm³/mol. The summed E-state index contributed by atoms with van der Waals surface area (Å²) in [7, 11) is 3.62. The minimum atomic E-state index is -2.42. The molecule has 27 heavy (non-hydrogen) atoms. The normalized spacial score (nSPS) is 16.8. The first-order valence-electron chi connectivity index (χ1n) is 9.45. The van der Waals surface area contributed by atoms with Crippen LogP contribution < -0.4 is 5.32 Å². The molecule has 0 atom stereocenters. The van der Waals surface area contributed by atoms with Gasteiger partial charge >= 0.3 is 0 Å². The van der Waals surface area contributed by atoms with Crippen LogP contribution in [0.3, 0.4) is 0 Å². The summed E-state index contributed by atoms with van der Waals surface area (Å²) in [4.78, 5) is 16.4. The molecule has 1 saturated heterocycles. The Morgan fingerprint density at radius 3 is 2.44 bits per heavy atom. The molecule has 0 saturated carbocycles. The van der Waals surface area contributed by atoms with Crippen molar-refractivity contribution in [3.8, 4) is 0 Å². The van der Waals surface area contributed by atoms with Crippen LogP contribution in [0.15, 0.2) is 18.2 Å². The summed E-state index contributed by atoms with van der Waals surface area (Å²) in [6, 6.07) is 4.10. The Hall–Kier alpha value is -1.60. The molecule has 1 aromatic carbocycles.